The van der Waals surface area contributed by atoms with Crippen molar-refractivity contribution in [3.63, 3.8) is 0 Å². The maximum atomic E-state index is 11.9. The zero-order chi connectivity index (χ0) is 14.8. The number of para-hydroxylation sites is 1. The molecule has 1 aromatic heterocycles. The maximum Gasteiger partial charge on any atom is 0.269 e. The molecule has 2 N–H and O–H groups in total. The summed E-state index contributed by atoms with van der Waals surface area (Å²) in [5.41, 5.74) is 0.926. The van der Waals surface area contributed by atoms with Crippen LogP contribution in [0.4, 0.5) is 17.3 Å². The number of H-pyrrole nitrogens is 1. The zero-order valence-corrected chi connectivity index (χ0v) is 10.7. The normalized spacial score (nSPS) is 10.5. The van der Waals surface area contributed by atoms with Crippen molar-refractivity contribution in [2.45, 2.75) is 0 Å². The second kappa shape index (κ2) is 5.04. The van der Waals surface area contributed by atoms with Crippen LogP contribution in [0.5, 0.6) is 0 Å². The van der Waals surface area contributed by atoms with Gasteiger partial charge in [0.15, 0.2) is 0 Å². The number of hydrogen-bond acceptors (Lipinski definition) is 5. The summed E-state index contributed by atoms with van der Waals surface area (Å²) in [6.45, 7) is 0. The molecule has 1 heterocycles. The lowest BCUT2D eigenvalue weighted by Crippen LogP contribution is -2.11. The number of nitrogens with zero attached hydrogens (tertiary/aromatic N) is 2. The minimum atomic E-state index is -0.472. The number of benzene rings is 2. The predicted octanol–water partition coefficient (Wildman–Crippen LogP) is 2.57. The van der Waals surface area contributed by atoms with Gasteiger partial charge in [0, 0.05) is 17.8 Å². The molecule has 0 atom stereocenters. The molecular weight excluding hydrogens is 272 g/mol. The Morgan fingerprint density at radius 3 is 2.52 bits per heavy atom. The molecule has 0 aliphatic rings. The van der Waals surface area contributed by atoms with Crippen LogP contribution in [0.1, 0.15) is 0 Å². The molecule has 0 amide bonds. The highest BCUT2D eigenvalue weighted by Gasteiger charge is 2.06. The van der Waals surface area contributed by atoms with E-state index in [1.54, 1.807) is 36.4 Å². The Morgan fingerprint density at radius 1 is 1.10 bits per heavy atom. The molecule has 0 unspecified atom stereocenters. The van der Waals surface area contributed by atoms with E-state index in [9.17, 15) is 14.9 Å². The number of anilines is 2. The summed E-state index contributed by atoms with van der Waals surface area (Å²) in [7, 11) is 0. The highest BCUT2D eigenvalue weighted by atomic mass is 16.6. The van der Waals surface area contributed by atoms with Gasteiger partial charge in [0.1, 0.15) is 0 Å². The molecule has 0 aliphatic carbocycles. The van der Waals surface area contributed by atoms with Crippen LogP contribution >= 0.6 is 0 Å². The van der Waals surface area contributed by atoms with Gasteiger partial charge in [-0.15, -0.1) is 0 Å². The van der Waals surface area contributed by atoms with Gasteiger partial charge in [-0.3, -0.25) is 19.9 Å². The fraction of sp³-hybridized carbons (Fsp3) is 0. The minimum Gasteiger partial charge on any atom is -0.326 e. The summed E-state index contributed by atoms with van der Waals surface area (Å²) in [6.07, 6.45) is 0. The van der Waals surface area contributed by atoms with Crippen LogP contribution in [-0.2, 0) is 0 Å². The summed E-state index contributed by atoms with van der Waals surface area (Å²) in [5, 5.41) is 14.0. The minimum absolute atomic E-state index is 0.000476. The van der Waals surface area contributed by atoms with Crippen molar-refractivity contribution in [2.75, 3.05) is 5.32 Å². The lowest BCUT2D eigenvalue weighted by atomic mass is 10.2. The summed E-state index contributed by atoms with van der Waals surface area (Å²) in [4.78, 5) is 28.9. The topological polar surface area (TPSA) is 101 Å². The van der Waals surface area contributed by atoms with E-state index in [2.05, 4.69) is 15.3 Å². The van der Waals surface area contributed by atoms with Gasteiger partial charge in [0.05, 0.1) is 15.8 Å². The Labute approximate surface area is 118 Å². The Balaban J connectivity index is 1.94. The zero-order valence-electron chi connectivity index (χ0n) is 10.7. The number of aromatic amines is 1. The van der Waals surface area contributed by atoms with E-state index in [0.717, 1.165) is 0 Å². The predicted molar refractivity (Wildman–Crippen MR) is 78.7 cm³/mol. The number of non-ortho nitro benzene ring substituents is 1. The molecule has 104 valence electrons. The van der Waals surface area contributed by atoms with Gasteiger partial charge in [-0.25, -0.2) is 4.98 Å². The monoisotopic (exact) mass is 282 g/mol. The number of rotatable bonds is 3. The number of fused-ring (bicyclic) bond motifs is 1. The number of nitro benzene ring substituents is 1. The van der Waals surface area contributed by atoms with Crippen LogP contribution in [0.25, 0.3) is 10.9 Å². The van der Waals surface area contributed by atoms with E-state index in [0.29, 0.717) is 16.6 Å². The molecule has 0 spiro atoms. The first kappa shape index (κ1) is 12.8. The summed E-state index contributed by atoms with van der Waals surface area (Å²) in [5.74, 6) is 0.285. The van der Waals surface area contributed by atoms with E-state index in [1.165, 1.54) is 12.1 Å². The van der Waals surface area contributed by atoms with Crippen molar-refractivity contribution in [2.24, 2.45) is 0 Å². The Kier molecular flexibility index (Phi) is 3.07. The molecule has 3 aromatic rings. The molecule has 0 saturated heterocycles. The highest BCUT2D eigenvalue weighted by molar-refractivity contribution is 5.78. The van der Waals surface area contributed by atoms with Crippen LogP contribution in [0.15, 0.2) is 53.3 Å². The van der Waals surface area contributed by atoms with E-state index in [-0.39, 0.29) is 17.2 Å². The van der Waals surface area contributed by atoms with Crippen LogP contribution in [-0.4, -0.2) is 14.9 Å². The van der Waals surface area contributed by atoms with E-state index >= 15 is 0 Å². The Morgan fingerprint density at radius 2 is 1.81 bits per heavy atom. The average molecular weight is 282 g/mol. The molecular formula is C14H10N4O3. The molecule has 0 fully saturated rings. The van der Waals surface area contributed by atoms with Crippen molar-refractivity contribution in [1.82, 2.24) is 9.97 Å². The molecule has 0 radical (unpaired) electrons. The van der Waals surface area contributed by atoms with Crippen LogP contribution < -0.4 is 10.9 Å². The number of aromatic nitrogens is 2. The molecule has 0 aliphatic heterocycles. The Bertz CT molecular complexity index is 871. The van der Waals surface area contributed by atoms with E-state index < -0.39 is 4.92 Å². The van der Waals surface area contributed by atoms with E-state index in [4.69, 9.17) is 0 Å². The van der Waals surface area contributed by atoms with E-state index in [1.807, 2.05) is 0 Å². The van der Waals surface area contributed by atoms with Gasteiger partial charge < -0.3 is 5.32 Å². The third-order valence-electron chi connectivity index (χ3n) is 2.95. The van der Waals surface area contributed by atoms with Crippen molar-refractivity contribution in [3.8, 4) is 0 Å². The van der Waals surface area contributed by atoms with Gasteiger partial charge in [-0.2, -0.15) is 0 Å². The molecule has 7 heteroatoms. The smallest absolute Gasteiger partial charge is 0.269 e. The first-order valence-electron chi connectivity index (χ1n) is 6.14. The quantitative estimate of drug-likeness (QED) is 0.568. The standard InChI is InChI=1S/C14H10N4O3/c19-13-11-3-1-2-4-12(11)16-14(17-13)15-9-5-7-10(8-6-9)18(20)21/h1-8H,(H2,15,16,17,19). The molecule has 3 rings (SSSR count). The molecule has 7 nitrogen and oxygen atoms in total. The summed E-state index contributed by atoms with van der Waals surface area (Å²) < 4.78 is 0. The largest absolute Gasteiger partial charge is 0.326 e. The summed E-state index contributed by atoms with van der Waals surface area (Å²) >= 11 is 0. The second-order valence-electron chi connectivity index (χ2n) is 4.36. The number of nitro groups is 1. The molecule has 2 aromatic carbocycles. The SMILES string of the molecule is O=c1[nH]c(Nc2ccc([N+](=O)[O-])cc2)nc2ccccc12. The van der Waals surface area contributed by atoms with Crippen LogP contribution in [0, 0.1) is 10.1 Å². The van der Waals surface area contributed by atoms with Crippen molar-refractivity contribution < 1.29 is 4.92 Å². The van der Waals surface area contributed by atoms with Gasteiger partial charge in [-0.05, 0) is 24.3 Å². The lowest BCUT2D eigenvalue weighted by Gasteiger charge is -2.06. The van der Waals surface area contributed by atoms with Crippen molar-refractivity contribution in [1.29, 1.82) is 0 Å². The second-order valence-corrected chi connectivity index (χ2v) is 4.36. The fourth-order valence-electron chi connectivity index (χ4n) is 1.95. The highest BCUT2D eigenvalue weighted by Crippen LogP contribution is 2.18. The maximum absolute atomic E-state index is 11.9. The third-order valence-corrected chi connectivity index (χ3v) is 2.95. The molecule has 0 bridgehead atoms. The first-order chi connectivity index (χ1) is 10.1. The number of nitrogens with one attached hydrogen (secondary N) is 2. The fourth-order valence-corrected chi connectivity index (χ4v) is 1.95. The van der Waals surface area contributed by atoms with Crippen LogP contribution in [0.2, 0.25) is 0 Å². The van der Waals surface area contributed by atoms with Crippen LogP contribution in [0.3, 0.4) is 0 Å². The lowest BCUT2D eigenvalue weighted by molar-refractivity contribution is -0.384. The van der Waals surface area contributed by atoms with Gasteiger partial charge in [-0.1, -0.05) is 12.1 Å². The number of hydrogen-bond donors (Lipinski definition) is 2. The Hall–Kier alpha value is -3.22. The van der Waals surface area contributed by atoms with Gasteiger partial charge in [0.2, 0.25) is 5.95 Å². The summed E-state index contributed by atoms with van der Waals surface area (Å²) in [6, 6.07) is 12.8. The first-order valence-corrected chi connectivity index (χ1v) is 6.14. The molecule has 0 saturated carbocycles. The average Bonchev–Trinajstić information content (AvgIpc) is 2.48. The third kappa shape index (κ3) is 2.57. The van der Waals surface area contributed by atoms with Crippen molar-refractivity contribution in [3.05, 3.63) is 69.0 Å². The van der Waals surface area contributed by atoms with Gasteiger partial charge in [0.25, 0.3) is 11.2 Å². The molecule has 21 heavy (non-hydrogen) atoms. The van der Waals surface area contributed by atoms with Crippen molar-refractivity contribution >= 4 is 28.2 Å². The van der Waals surface area contributed by atoms with Gasteiger partial charge >= 0.3 is 0 Å².